The van der Waals surface area contributed by atoms with Gasteiger partial charge in [0.25, 0.3) is 0 Å². The summed E-state index contributed by atoms with van der Waals surface area (Å²) in [5.41, 5.74) is -0.170. The van der Waals surface area contributed by atoms with Gasteiger partial charge in [-0.25, -0.2) is 4.79 Å². The van der Waals surface area contributed by atoms with Crippen molar-refractivity contribution in [3.8, 4) is 5.75 Å². The van der Waals surface area contributed by atoms with Crippen LogP contribution in [0.25, 0.3) is 0 Å². The van der Waals surface area contributed by atoms with Gasteiger partial charge in [0.2, 0.25) is 5.91 Å². The first-order chi connectivity index (χ1) is 15.3. The summed E-state index contributed by atoms with van der Waals surface area (Å²) in [7, 11) is 1.54. The van der Waals surface area contributed by atoms with Crippen LogP contribution >= 0.6 is 0 Å². The van der Waals surface area contributed by atoms with Gasteiger partial charge in [-0.3, -0.25) is 19.3 Å². The lowest BCUT2D eigenvalue weighted by molar-refractivity contribution is -0.131. The lowest BCUT2D eigenvalue weighted by atomic mass is 10.2. The van der Waals surface area contributed by atoms with Gasteiger partial charge in [0.15, 0.2) is 0 Å². The molecule has 0 spiro atoms. The van der Waals surface area contributed by atoms with Crippen LogP contribution in [0.1, 0.15) is 20.8 Å². The summed E-state index contributed by atoms with van der Waals surface area (Å²) in [6.07, 6.45) is 3.14. The summed E-state index contributed by atoms with van der Waals surface area (Å²) >= 11 is 0. The minimum Gasteiger partial charge on any atom is -0.495 e. The van der Waals surface area contributed by atoms with E-state index in [4.69, 9.17) is 9.47 Å². The van der Waals surface area contributed by atoms with Crippen LogP contribution in [0.15, 0.2) is 42.7 Å². The minimum absolute atomic E-state index is 0.109. The van der Waals surface area contributed by atoms with Crippen LogP contribution in [0.5, 0.6) is 5.75 Å². The second-order valence-electron chi connectivity index (χ2n) is 8.73. The number of ether oxygens (including phenoxy) is 2. The molecule has 0 unspecified atom stereocenters. The SMILES string of the molecule is COc1ccccc1N(CC(=O)N1CCN(CCn2cccn2)CC1)C(=O)OC(C)(C)C. The van der Waals surface area contributed by atoms with Crippen molar-refractivity contribution in [2.45, 2.75) is 32.9 Å². The lowest BCUT2D eigenvalue weighted by Gasteiger charge is -2.36. The Hall–Kier alpha value is -3.07. The number of amides is 2. The van der Waals surface area contributed by atoms with Gasteiger partial charge < -0.3 is 14.4 Å². The number of hydrogen-bond donors (Lipinski definition) is 0. The zero-order valence-electron chi connectivity index (χ0n) is 19.4. The van der Waals surface area contributed by atoms with Gasteiger partial charge in [0.05, 0.1) is 19.3 Å². The molecule has 2 aromatic rings. The summed E-state index contributed by atoms with van der Waals surface area (Å²) in [5.74, 6) is 0.392. The van der Waals surface area contributed by atoms with E-state index in [1.54, 1.807) is 50.1 Å². The Morgan fingerprint density at radius 2 is 1.78 bits per heavy atom. The van der Waals surface area contributed by atoms with Gasteiger partial charge in [0.1, 0.15) is 17.9 Å². The Bertz CT molecular complexity index is 886. The average Bonchev–Trinajstić information content (AvgIpc) is 3.28. The summed E-state index contributed by atoms with van der Waals surface area (Å²) < 4.78 is 12.9. The van der Waals surface area contributed by atoms with E-state index in [2.05, 4.69) is 10.00 Å². The maximum absolute atomic E-state index is 13.1. The summed E-state index contributed by atoms with van der Waals surface area (Å²) in [5, 5.41) is 4.23. The van der Waals surface area contributed by atoms with Crippen LogP contribution < -0.4 is 9.64 Å². The van der Waals surface area contributed by atoms with E-state index in [9.17, 15) is 9.59 Å². The van der Waals surface area contributed by atoms with Crippen LogP contribution in [-0.2, 0) is 16.1 Å². The van der Waals surface area contributed by atoms with Gasteiger partial charge >= 0.3 is 6.09 Å². The molecule has 1 aromatic heterocycles. The van der Waals surface area contributed by atoms with Crippen LogP contribution in [0.4, 0.5) is 10.5 Å². The fourth-order valence-corrected chi connectivity index (χ4v) is 3.55. The number of rotatable bonds is 7. The van der Waals surface area contributed by atoms with Gasteiger partial charge in [-0.05, 0) is 39.0 Å². The van der Waals surface area contributed by atoms with Gasteiger partial charge in [-0.1, -0.05) is 12.1 Å². The number of carbonyl (C=O) groups is 2. The monoisotopic (exact) mass is 443 g/mol. The van der Waals surface area contributed by atoms with Gasteiger partial charge in [0, 0.05) is 45.1 Å². The molecule has 9 nitrogen and oxygen atoms in total. The Morgan fingerprint density at radius 1 is 1.06 bits per heavy atom. The van der Waals surface area contributed by atoms with Crippen molar-refractivity contribution in [1.82, 2.24) is 19.6 Å². The second-order valence-corrected chi connectivity index (χ2v) is 8.73. The highest BCUT2D eigenvalue weighted by Gasteiger charge is 2.30. The molecular weight excluding hydrogens is 410 g/mol. The van der Waals surface area contributed by atoms with Crippen LogP contribution in [-0.4, -0.2) is 83.6 Å². The topological polar surface area (TPSA) is 80.1 Å². The number of nitrogens with zero attached hydrogens (tertiary/aromatic N) is 5. The molecule has 3 rings (SSSR count). The molecule has 32 heavy (non-hydrogen) atoms. The van der Waals surface area contributed by atoms with E-state index < -0.39 is 11.7 Å². The number of anilines is 1. The molecule has 1 saturated heterocycles. The van der Waals surface area contributed by atoms with Crippen LogP contribution in [0, 0.1) is 0 Å². The highest BCUT2D eigenvalue weighted by molar-refractivity contribution is 5.96. The van der Waals surface area contributed by atoms with Crippen molar-refractivity contribution in [3.63, 3.8) is 0 Å². The molecule has 1 aliphatic heterocycles. The molecule has 2 amide bonds. The first-order valence-electron chi connectivity index (χ1n) is 10.9. The first kappa shape index (κ1) is 23.6. The summed E-state index contributed by atoms with van der Waals surface area (Å²) in [6.45, 7) is 9.81. The number of piperazine rings is 1. The molecule has 0 atom stereocenters. The third-order valence-electron chi connectivity index (χ3n) is 5.21. The first-order valence-corrected chi connectivity index (χ1v) is 10.9. The molecule has 2 heterocycles. The van der Waals surface area contributed by atoms with Crippen LogP contribution in [0.2, 0.25) is 0 Å². The fourth-order valence-electron chi connectivity index (χ4n) is 3.55. The summed E-state index contributed by atoms with van der Waals surface area (Å²) in [6, 6.07) is 9.05. The summed E-state index contributed by atoms with van der Waals surface area (Å²) in [4.78, 5) is 31.5. The van der Waals surface area contributed by atoms with Crippen molar-refractivity contribution in [3.05, 3.63) is 42.7 Å². The Labute approximate surface area is 189 Å². The van der Waals surface area contributed by atoms with E-state index in [0.29, 0.717) is 24.5 Å². The normalized spacial score (nSPS) is 14.8. The lowest BCUT2D eigenvalue weighted by Crippen LogP contribution is -2.52. The molecule has 0 radical (unpaired) electrons. The molecule has 1 aliphatic rings. The van der Waals surface area contributed by atoms with E-state index in [-0.39, 0.29) is 12.5 Å². The maximum atomic E-state index is 13.1. The smallest absolute Gasteiger partial charge is 0.415 e. The quantitative estimate of drug-likeness (QED) is 0.654. The molecule has 0 saturated carbocycles. The fraction of sp³-hybridized carbons (Fsp3) is 0.522. The maximum Gasteiger partial charge on any atom is 0.415 e. The van der Waals surface area contributed by atoms with E-state index in [0.717, 1.165) is 26.2 Å². The molecular formula is C23H33N5O4. The number of carbonyl (C=O) groups excluding carboxylic acids is 2. The second kappa shape index (κ2) is 10.5. The van der Waals surface area contributed by atoms with Gasteiger partial charge in [-0.15, -0.1) is 0 Å². The molecule has 1 aromatic carbocycles. The molecule has 9 heteroatoms. The highest BCUT2D eigenvalue weighted by Crippen LogP contribution is 2.29. The Morgan fingerprint density at radius 3 is 2.41 bits per heavy atom. The molecule has 174 valence electrons. The standard InChI is InChI=1S/C23H33N5O4/c1-23(2,3)32-22(30)28(19-8-5-6-9-20(19)31-4)18-21(29)26-15-12-25(13-16-26)14-17-27-11-7-10-24-27/h5-11H,12-18H2,1-4H3. The predicted octanol–water partition coefficient (Wildman–Crippen LogP) is 2.48. The van der Waals surface area contributed by atoms with E-state index >= 15 is 0 Å². The molecule has 1 fully saturated rings. The predicted molar refractivity (Wildman–Crippen MR) is 122 cm³/mol. The van der Waals surface area contributed by atoms with E-state index in [1.165, 1.54) is 12.0 Å². The molecule has 0 N–H and O–H groups in total. The number of methoxy groups -OCH3 is 1. The third kappa shape index (κ3) is 6.46. The van der Waals surface area contributed by atoms with E-state index in [1.807, 2.05) is 23.0 Å². The zero-order chi connectivity index (χ0) is 23.1. The highest BCUT2D eigenvalue weighted by atomic mass is 16.6. The number of para-hydroxylation sites is 2. The Kier molecular flexibility index (Phi) is 7.74. The number of aromatic nitrogens is 2. The molecule has 0 bridgehead atoms. The largest absolute Gasteiger partial charge is 0.495 e. The van der Waals surface area contributed by atoms with Crippen molar-refractivity contribution >= 4 is 17.7 Å². The van der Waals surface area contributed by atoms with Crippen molar-refractivity contribution < 1.29 is 19.1 Å². The third-order valence-corrected chi connectivity index (χ3v) is 5.21. The average molecular weight is 444 g/mol. The molecule has 0 aliphatic carbocycles. The Balaban J connectivity index is 1.63. The zero-order valence-corrected chi connectivity index (χ0v) is 19.4. The van der Waals surface area contributed by atoms with Crippen molar-refractivity contribution in [1.29, 1.82) is 0 Å². The van der Waals surface area contributed by atoms with Crippen molar-refractivity contribution in [2.24, 2.45) is 0 Å². The number of hydrogen-bond acceptors (Lipinski definition) is 6. The van der Waals surface area contributed by atoms with Crippen LogP contribution in [0.3, 0.4) is 0 Å². The van der Waals surface area contributed by atoms with Gasteiger partial charge in [-0.2, -0.15) is 5.10 Å². The minimum atomic E-state index is -0.680. The number of benzene rings is 1. The van der Waals surface area contributed by atoms with Crippen molar-refractivity contribution in [2.75, 3.05) is 51.3 Å².